The number of methoxy groups -OCH3 is 2. The molecule has 3 saturated heterocycles. The molecule has 1 aromatic heterocycles. The summed E-state index contributed by atoms with van der Waals surface area (Å²) in [5.74, 6) is 0.465. The second kappa shape index (κ2) is 17.2. The SMILES string of the molecule is CNC(=O)N1CCc2c(-c3cc(OC)c(CN4CCC(CCN5CCN(c6cc7c(cc6F)C(=O)N(C6CCC(=O)NC6=O)C7)CC5)CC4)c(OC)c3)cn(C)c(=O)c2C1. The predicted octanol–water partition coefficient (Wildman–Crippen LogP) is 3.09. The van der Waals surface area contributed by atoms with Crippen LogP contribution in [0.25, 0.3) is 11.1 Å². The molecular formula is C44H55FN8O7. The van der Waals surface area contributed by atoms with Gasteiger partial charge in [0.1, 0.15) is 23.4 Å². The molecular weight excluding hydrogens is 772 g/mol. The third kappa shape index (κ3) is 8.06. The summed E-state index contributed by atoms with van der Waals surface area (Å²) >= 11 is 0. The van der Waals surface area contributed by atoms with E-state index in [-0.39, 0.29) is 54.9 Å². The minimum Gasteiger partial charge on any atom is -0.496 e. The highest BCUT2D eigenvalue weighted by atomic mass is 19.1. The van der Waals surface area contributed by atoms with Crippen LogP contribution in [0.5, 0.6) is 11.5 Å². The van der Waals surface area contributed by atoms with Gasteiger partial charge in [-0.25, -0.2) is 9.18 Å². The fourth-order valence-electron chi connectivity index (χ4n) is 9.73. The number of amides is 5. The quantitative estimate of drug-likeness (QED) is 0.293. The van der Waals surface area contributed by atoms with Crippen molar-refractivity contribution < 1.29 is 33.0 Å². The van der Waals surface area contributed by atoms with Crippen molar-refractivity contribution in [2.75, 3.05) is 78.5 Å². The summed E-state index contributed by atoms with van der Waals surface area (Å²) in [5, 5.41) is 4.98. The molecule has 0 spiro atoms. The predicted molar refractivity (Wildman–Crippen MR) is 223 cm³/mol. The zero-order chi connectivity index (χ0) is 42.2. The van der Waals surface area contributed by atoms with Gasteiger partial charge in [0, 0.05) is 89.2 Å². The van der Waals surface area contributed by atoms with Gasteiger partial charge in [0.15, 0.2) is 0 Å². The van der Waals surface area contributed by atoms with Gasteiger partial charge < -0.3 is 34.1 Å². The molecule has 1 unspecified atom stereocenters. The zero-order valence-electron chi connectivity index (χ0n) is 35.0. The first-order valence-electron chi connectivity index (χ1n) is 21.1. The summed E-state index contributed by atoms with van der Waals surface area (Å²) in [6.45, 7) is 7.61. The first-order chi connectivity index (χ1) is 29.0. The van der Waals surface area contributed by atoms with Gasteiger partial charge in [-0.2, -0.15) is 0 Å². The number of urea groups is 1. The number of aryl methyl sites for hydroxylation is 1. The van der Waals surface area contributed by atoms with E-state index in [1.807, 2.05) is 18.3 Å². The number of benzene rings is 2. The Morgan fingerprint density at radius 3 is 2.23 bits per heavy atom. The molecule has 15 nitrogen and oxygen atoms in total. The van der Waals surface area contributed by atoms with Crippen LogP contribution in [0.4, 0.5) is 14.9 Å². The molecule has 5 aliphatic rings. The fourth-order valence-corrected chi connectivity index (χ4v) is 9.73. The number of piperazine rings is 1. The molecule has 0 saturated carbocycles. The number of hydrogen-bond donors (Lipinski definition) is 2. The molecule has 320 valence electrons. The van der Waals surface area contributed by atoms with Gasteiger partial charge in [-0.15, -0.1) is 0 Å². The summed E-state index contributed by atoms with van der Waals surface area (Å²) in [4.78, 5) is 72.9. The summed E-state index contributed by atoms with van der Waals surface area (Å²) in [7, 11) is 6.69. The van der Waals surface area contributed by atoms with Crippen LogP contribution in [0.2, 0.25) is 0 Å². The Kier molecular flexibility index (Phi) is 11.9. The molecule has 0 aliphatic carbocycles. The summed E-state index contributed by atoms with van der Waals surface area (Å²) in [6.07, 6.45) is 6.17. The van der Waals surface area contributed by atoms with E-state index in [9.17, 15) is 24.0 Å². The lowest BCUT2D eigenvalue weighted by molar-refractivity contribution is -0.136. The van der Waals surface area contributed by atoms with Crippen molar-refractivity contribution in [2.24, 2.45) is 13.0 Å². The van der Waals surface area contributed by atoms with Crippen molar-refractivity contribution in [3.63, 3.8) is 0 Å². The fraction of sp³-hybridized carbons (Fsp3) is 0.523. The number of piperidine rings is 2. The lowest BCUT2D eigenvalue weighted by atomic mass is 9.91. The molecule has 0 bridgehead atoms. The Bertz CT molecular complexity index is 2220. The number of hydrogen-bond acceptors (Lipinski definition) is 10. The number of carbonyl (C=O) groups is 4. The van der Waals surface area contributed by atoms with Crippen molar-refractivity contribution >= 4 is 29.4 Å². The van der Waals surface area contributed by atoms with E-state index >= 15 is 4.39 Å². The van der Waals surface area contributed by atoms with Crippen molar-refractivity contribution in [1.29, 1.82) is 0 Å². The molecule has 60 heavy (non-hydrogen) atoms. The van der Waals surface area contributed by atoms with Crippen molar-refractivity contribution in [1.82, 2.24) is 34.8 Å². The highest BCUT2D eigenvalue weighted by Gasteiger charge is 2.40. The highest BCUT2D eigenvalue weighted by Crippen LogP contribution is 2.39. The van der Waals surface area contributed by atoms with Crippen LogP contribution in [0.15, 0.2) is 35.3 Å². The van der Waals surface area contributed by atoms with Crippen molar-refractivity contribution in [3.8, 4) is 22.6 Å². The molecule has 3 aromatic rings. The highest BCUT2D eigenvalue weighted by molar-refractivity contribution is 6.05. The number of anilines is 1. The monoisotopic (exact) mass is 826 g/mol. The van der Waals surface area contributed by atoms with Crippen LogP contribution in [0, 0.1) is 11.7 Å². The van der Waals surface area contributed by atoms with E-state index in [0.717, 1.165) is 85.7 Å². The number of fused-ring (bicyclic) bond motifs is 2. The third-order valence-corrected chi connectivity index (χ3v) is 13.2. The molecule has 5 aliphatic heterocycles. The first-order valence-corrected chi connectivity index (χ1v) is 21.1. The molecule has 8 rings (SSSR count). The number of nitrogens with one attached hydrogen (secondary N) is 2. The molecule has 16 heteroatoms. The van der Waals surface area contributed by atoms with E-state index in [1.165, 1.54) is 11.0 Å². The van der Waals surface area contributed by atoms with Gasteiger partial charge in [0.05, 0.1) is 32.0 Å². The first kappa shape index (κ1) is 41.3. The lowest BCUT2D eigenvalue weighted by Crippen LogP contribution is -2.52. The molecule has 3 fully saturated rings. The Balaban J connectivity index is 0.840. The number of imide groups is 1. The maximum Gasteiger partial charge on any atom is 0.317 e. The van der Waals surface area contributed by atoms with E-state index in [0.29, 0.717) is 55.3 Å². The third-order valence-electron chi connectivity index (χ3n) is 13.2. The van der Waals surface area contributed by atoms with Crippen molar-refractivity contribution in [2.45, 2.75) is 64.2 Å². The second-order valence-corrected chi connectivity index (χ2v) is 16.7. The van der Waals surface area contributed by atoms with Gasteiger partial charge in [-0.05, 0) is 98.6 Å². The van der Waals surface area contributed by atoms with Gasteiger partial charge in [-0.3, -0.25) is 34.3 Å². The smallest absolute Gasteiger partial charge is 0.317 e. The van der Waals surface area contributed by atoms with Crippen molar-refractivity contribution in [3.05, 3.63) is 74.5 Å². The number of rotatable bonds is 10. The Labute approximate surface area is 349 Å². The number of pyridine rings is 1. The number of likely N-dealkylation sites (tertiary alicyclic amines) is 1. The Morgan fingerprint density at radius 1 is 0.850 bits per heavy atom. The standard InChI is InChI=1S/C44H55FN8O7/c1-46-44(58)52-14-10-30-32(24-48(2)42(56)33(30)26-52)28-20-38(59-3)34(39(21-28)60-4)25-50-12-8-27(9-13-50)7-11-49-15-17-51(18-16-49)37-19-29-23-53(43(57)31(29)22-35(37)45)36-5-6-40(54)47-41(36)55/h19-22,24,27,36H,5-18,23,25-26H2,1-4H3,(H,46,58)(H,47,54,55). The lowest BCUT2D eigenvalue weighted by Gasteiger charge is -2.38. The Hall–Kier alpha value is -5.48. The topological polar surface area (TPSA) is 149 Å². The van der Waals surface area contributed by atoms with Crippen LogP contribution in [-0.4, -0.2) is 128 Å². The molecule has 2 N–H and O–H groups in total. The number of halogens is 1. The average Bonchev–Trinajstić information content (AvgIpc) is 3.57. The largest absolute Gasteiger partial charge is 0.496 e. The Morgan fingerprint density at radius 2 is 1.57 bits per heavy atom. The average molecular weight is 827 g/mol. The normalized spacial score (nSPS) is 20.2. The minimum atomic E-state index is -0.728. The molecule has 2 aromatic carbocycles. The van der Waals surface area contributed by atoms with Gasteiger partial charge in [0.25, 0.3) is 11.5 Å². The van der Waals surface area contributed by atoms with Crippen LogP contribution in [0.1, 0.15) is 64.7 Å². The summed E-state index contributed by atoms with van der Waals surface area (Å²) in [6, 6.07) is 6.22. The van der Waals surface area contributed by atoms with E-state index in [2.05, 4.69) is 25.3 Å². The molecule has 5 amide bonds. The van der Waals surface area contributed by atoms with Crippen LogP contribution in [-0.2, 0) is 42.7 Å². The number of aromatic nitrogens is 1. The maximum absolute atomic E-state index is 15.5. The summed E-state index contributed by atoms with van der Waals surface area (Å²) < 4.78 is 29.0. The van der Waals surface area contributed by atoms with E-state index in [4.69, 9.17) is 9.47 Å². The van der Waals surface area contributed by atoms with E-state index in [1.54, 1.807) is 43.8 Å². The number of ether oxygens (including phenoxy) is 2. The van der Waals surface area contributed by atoms with Gasteiger partial charge in [-0.1, -0.05) is 0 Å². The van der Waals surface area contributed by atoms with Crippen LogP contribution in [0.3, 0.4) is 0 Å². The summed E-state index contributed by atoms with van der Waals surface area (Å²) in [5.41, 5.74) is 5.79. The number of carbonyl (C=O) groups excluding carboxylic acids is 4. The molecule has 0 radical (unpaired) electrons. The maximum atomic E-state index is 15.5. The second-order valence-electron chi connectivity index (χ2n) is 16.7. The molecule has 1 atom stereocenters. The van der Waals surface area contributed by atoms with Gasteiger partial charge in [0.2, 0.25) is 11.8 Å². The minimum absolute atomic E-state index is 0.101. The van der Waals surface area contributed by atoms with E-state index < -0.39 is 17.8 Å². The number of nitrogens with zero attached hydrogens (tertiary/aromatic N) is 6. The zero-order valence-corrected chi connectivity index (χ0v) is 35.0. The van der Waals surface area contributed by atoms with Gasteiger partial charge >= 0.3 is 6.03 Å². The van der Waals surface area contributed by atoms with Crippen LogP contribution < -0.4 is 30.6 Å². The van der Waals surface area contributed by atoms with Crippen LogP contribution >= 0.6 is 0 Å². The molecule has 6 heterocycles.